The minimum absolute atomic E-state index is 0. The zero-order chi connectivity index (χ0) is 17.1. The molecule has 2 amide bonds. The van der Waals surface area contributed by atoms with E-state index in [-0.39, 0.29) is 36.6 Å². The van der Waals surface area contributed by atoms with Crippen molar-refractivity contribution in [2.24, 2.45) is 23.5 Å². The molecule has 2 unspecified atom stereocenters. The van der Waals surface area contributed by atoms with Crippen LogP contribution in [0.25, 0.3) is 0 Å². The monoisotopic (exact) mass is 408 g/mol. The Hall–Kier alpha value is -0.560. The number of hydrogen-bond acceptors (Lipinski definition) is 4. The summed E-state index contributed by atoms with van der Waals surface area (Å²) in [5, 5.41) is 2.83. The molecule has 3 aliphatic rings. The average molecular weight is 409 g/mol. The third-order valence-electron chi connectivity index (χ3n) is 6.19. The second kappa shape index (κ2) is 10.7. The van der Waals surface area contributed by atoms with Gasteiger partial charge in [-0.05, 0) is 44.4 Å². The Bertz CT molecular complexity index is 458. The Labute approximate surface area is 169 Å². The Morgan fingerprint density at radius 3 is 2.15 bits per heavy atom. The molecule has 1 aliphatic heterocycles. The van der Waals surface area contributed by atoms with E-state index in [4.69, 9.17) is 5.73 Å². The number of halogens is 2. The molecule has 2 aliphatic carbocycles. The van der Waals surface area contributed by atoms with Crippen LogP contribution in [0.3, 0.4) is 0 Å². The second-order valence-corrected chi connectivity index (χ2v) is 7.75. The summed E-state index contributed by atoms with van der Waals surface area (Å²) in [6, 6.07) is 0.316. The van der Waals surface area contributed by atoms with Gasteiger partial charge in [0, 0.05) is 44.7 Å². The molecular weight excluding hydrogens is 375 g/mol. The zero-order valence-corrected chi connectivity index (χ0v) is 17.3. The van der Waals surface area contributed by atoms with Gasteiger partial charge in [0.05, 0.1) is 6.54 Å². The average Bonchev–Trinajstić information content (AvgIpc) is 2.55. The number of amides is 2. The van der Waals surface area contributed by atoms with Crippen LogP contribution >= 0.6 is 24.8 Å². The van der Waals surface area contributed by atoms with Gasteiger partial charge in [0.15, 0.2) is 0 Å². The molecule has 2 atom stereocenters. The van der Waals surface area contributed by atoms with Gasteiger partial charge >= 0.3 is 0 Å². The predicted octanol–water partition coefficient (Wildman–Crippen LogP) is 1.26. The SMILES string of the molecule is CCNC(=O)CN1CCN(C(=O)C2CC3CCCC(C2)C3N)CC1.Cl.Cl. The minimum Gasteiger partial charge on any atom is -0.355 e. The van der Waals surface area contributed by atoms with Crippen LogP contribution in [-0.4, -0.2) is 66.9 Å². The van der Waals surface area contributed by atoms with E-state index in [1.54, 1.807) is 0 Å². The topological polar surface area (TPSA) is 78.7 Å². The molecule has 0 radical (unpaired) electrons. The van der Waals surface area contributed by atoms with Crippen molar-refractivity contribution in [1.29, 1.82) is 0 Å². The van der Waals surface area contributed by atoms with E-state index < -0.39 is 0 Å². The van der Waals surface area contributed by atoms with Gasteiger partial charge in [0.1, 0.15) is 0 Å². The maximum atomic E-state index is 12.9. The summed E-state index contributed by atoms with van der Waals surface area (Å²) in [5.74, 6) is 1.67. The quantitative estimate of drug-likeness (QED) is 0.733. The smallest absolute Gasteiger partial charge is 0.234 e. The minimum atomic E-state index is 0. The molecule has 0 spiro atoms. The lowest BCUT2D eigenvalue weighted by Crippen LogP contribution is -2.54. The standard InChI is InChI=1S/C18H32N4O2.2ClH/c1-2-20-16(23)12-21-6-8-22(9-7-21)18(24)15-10-13-4-3-5-14(11-15)17(13)19;;/h13-15,17H,2-12,19H2,1H3,(H,20,23);2*1H. The van der Waals surface area contributed by atoms with Crippen LogP contribution in [0, 0.1) is 17.8 Å². The number of piperazine rings is 1. The van der Waals surface area contributed by atoms with Crippen LogP contribution in [-0.2, 0) is 9.59 Å². The highest BCUT2D eigenvalue weighted by Gasteiger charge is 2.41. The van der Waals surface area contributed by atoms with Crippen LogP contribution in [0.4, 0.5) is 0 Å². The summed E-state index contributed by atoms with van der Waals surface area (Å²) in [6.45, 7) is 6.12. The van der Waals surface area contributed by atoms with E-state index in [0.29, 0.717) is 36.9 Å². The van der Waals surface area contributed by atoms with E-state index in [9.17, 15) is 9.59 Å². The van der Waals surface area contributed by atoms with Gasteiger partial charge in [-0.1, -0.05) is 6.42 Å². The predicted molar refractivity (Wildman–Crippen MR) is 108 cm³/mol. The van der Waals surface area contributed by atoms with Crippen molar-refractivity contribution in [2.75, 3.05) is 39.3 Å². The molecule has 8 heteroatoms. The van der Waals surface area contributed by atoms with E-state index in [1.165, 1.54) is 19.3 Å². The van der Waals surface area contributed by atoms with Crippen molar-refractivity contribution in [2.45, 2.75) is 45.1 Å². The normalized spacial score (nSPS) is 31.4. The Morgan fingerprint density at radius 2 is 1.62 bits per heavy atom. The Balaban J connectivity index is 0.00000169. The van der Waals surface area contributed by atoms with Crippen LogP contribution in [0.5, 0.6) is 0 Å². The molecule has 3 fully saturated rings. The lowest BCUT2D eigenvalue weighted by atomic mass is 9.65. The first-order valence-corrected chi connectivity index (χ1v) is 9.62. The summed E-state index contributed by atoms with van der Waals surface area (Å²) >= 11 is 0. The van der Waals surface area contributed by atoms with Gasteiger partial charge in [-0.2, -0.15) is 0 Å². The number of carbonyl (C=O) groups is 2. The lowest BCUT2D eigenvalue weighted by molar-refractivity contribution is -0.140. The number of nitrogens with zero attached hydrogens (tertiary/aromatic N) is 2. The summed E-state index contributed by atoms with van der Waals surface area (Å²) < 4.78 is 0. The van der Waals surface area contributed by atoms with Gasteiger partial charge in [0.25, 0.3) is 0 Å². The van der Waals surface area contributed by atoms with Crippen molar-refractivity contribution in [3.8, 4) is 0 Å². The van der Waals surface area contributed by atoms with Crippen molar-refractivity contribution in [1.82, 2.24) is 15.1 Å². The first-order valence-electron chi connectivity index (χ1n) is 9.62. The lowest BCUT2D eigenvalue weighted by Gasteiger charge is -2.45. The molecule has 1 saturated heterocycles. The number of nitrogens with two attached hydrogens (primary N) is 1. The van der Waals surface area contributed by atoms with E-state index in [0.717, 1.165) is 39.0 Å². The Morgan fingerprint density at radius 1 is 1.04 bits per heavy atom. The summed E-state index contributed by atoms with van der Waals surface area (Å²) in [5.41, 5.74) is 6.34. The molecule has 2 bridgehead atoms. The molecule has 6 nitrogen and oxygen atoms in total. The van der Waals surface area contributed by atoms with Crippen LogP contribution in [0.1, 0.15) is 39.0 Å². The molecule has 152 valence electrons. The zero-order valence-electron chi connectivity index (χ0n) is 15.7. The number of hydrogen-bond donors (Lipinski definition) is 2. The third kappa shape index (κ3) is 5.47. The van der Waals surface area contributed by atoms with Crippen LogP contribution in [0.2, 0.25) is 0 Å². The van der Waals surface area contributed by atoms with E-state index >= 15 is 0 Å². The molecule has 3 rings (SSSR count). The van der Waals surface area contributed by atoms with E-state index in [1.807, 2.05) is 11.8 Å². The fourth-order valence-corrected chi connectivity index (χ4v) is 4.83. The molecule has 0 aromatic carbocycles. The molecule has 0 aromatic rings. The molecule has 26 heavy (non-hydrogen) atoms. The second-order valence-electron chi connectivity index (χ2n) is 7.75. The first-order chi connectivity index (χ1) is 11.6. The number of likely N-dealkylation sites (N-methyl/N-ethyl adjacent to an activating group) is 1. The van der Waals surface area contributed by atoms with Crippen molar-refractivity contribution < 1.29 is 9.59 Å². The Kier molecular flexibility index (Phi) is 9.65. The highest BCUT2D eigenvalue weighted by molar-refractivity contribution is 5.85. The van der Waals surface area contributed by atoms with Crippen molar-refractivity contribution in [3.05, 3.63) is 0 Å². The largest absolute Gasteiger partial charge is 0.355 e. The highest BCUT2D eigenvalue weighted by atomic mass is 35.5. The van der Waals surface area contributed by atoms with E-state index in [2.05, 4.69) is 10.2 Å². The first kappa shape index (κ1) is 23.5. The molecule has 3 N–H and O–H groups in total. The summed E-state index contributed by atoms with van der Waals surface area (Å²) in [7, 11) is 0. The number of rotatable bonds is 4. The van der Waals surface area contributed by atoms with Gasteiger partial charge < -0.3 is 16.0 Å². The van der Waals surface area contributed by atoms with Gasteiger partial charge in [-0.25, -0.2) is 0 Å². The molecule has 2 saturated carbocycles. The van der Waals surface area contributed by atoms with Crippen LogP contribution < -0.4 is 11.1 Å². The maximum Gasteiger partial charge on any atom is 0.234 e. The molecule has 0 aromatic heterocycles. The number of carbonyl (C=O) groups excluding carboxylic acids is 2. The summed E-state index contributed by atoms with van der Waals surface area (Å²) in [6.07, 6.45) is 5.64. The van der Waals surface area contributed by atoms with Gasteiger partial charge in [-0.15, -0.1) is 24.8 Å². The highest BCUT2D eigenvalue weighted by Crippen LogP contribution is 2.42. The maximum absolute atomic E-state index is 12.9. The van der Waals surface area contributed by atoms with Crippen molar-refractivity contribution >= 4 is 36.6 Å². The van der Waals surface area contributed by atoms with Gasteiger partial charge in [0.2, 0.25) is 11.8 Å². The summed E-state index contributed by atoms with van der Waals surface area (Å²) in [4.78, 5) is 28.7. The fourth-order valence-electron chi connectivity index (χ4n) is 4.83. The third-order valence-corrected chi connectivity index (χ3v) is 6.19. The van der Waals surface area contributed by atoms with Gasteiger partial charge in [-0.3, -0.25) is 14.5 Å². The van der Waals surface area contributed by atoms with Crippen molar-refractivity contribution in [3.63, 3.8) is 0 Å². The molecule has 1 heterocycles. The van der Waals surface area contributed by atoms with Crippen LogP contribution in [0.15, 0.2) is 0 Å². The number of fused-ring (bicyclic) bond motifs is 2. The fraction of sp³-hybridized carbons (Fsp3) is 0.889. The number of nitrogens with one attached hydrogen (secondary N) is 1. The molecular formula is C18H34Cl2N4O2.